The number of rotatable bonds is 2. The third-order valence-corrected chi connectivity index (χ3v) is 4.60. The highest BCUT2D eigenvalue weighted by Gasteiger charge is 2.35. The second-order valence-corrected chi connectivity index (χ2v) is 6.66. The van der Waals surface area contributed by atoms with Gasteiger partial charge in [-0.2, -0.15) is 0 Å². The Morgan fingerprint density at radius 1 is 1.25 bits per heavy atom. The molecule has 2 fully saturated rings. The minimum atomic E-state index is 0.0691. The van der Waals surface area contributed by atoms with Crippen molar-refractivity contribution in [3.8, 4) is 0 Å². The van der Waals surface area contributed by atoms with Gasteiger partial charge in [-0.1, -0.05) is 27.5 Å². The summed E-state index contributed by atoms with van der Waals surface area (Å²) < 4.78 is 0.840. The van der Waals surface area contributed by atoms with E-state index in [0.717, 1.165) is 43.7 Å². The van der Waals surface area contributed by atoms with E-state index >= 15 is 0 Å². The number of carbonyl (C=O) groups is 1. The normalized spacial score (nSPS) is 20.8. The van der Waals surface area contributed by atoms with Crippen molar-refractivity contribution in [1.82, 2.24) is 15.1 Å². The Balaban J connectivity index is 1.60. The zero-order chi connectivity index (χ0) is 14.1. The molecule has 0 atom stereocenters. The van der Waals surface area contributed by atoms with Gasteiger partial charge in [0, 0.05) is 60.4 Å². The van der Waals surface area contributed by atoms with E-state index in [2.05, 4.69) is 26.1 Å². The van der Waals surface area contributed by atoms with Crippen LogP contribution in [0.2, 0.25) is 5.02 Å². The van der Waals surface area contributed by atoms with E-state index in [9.17, 15) is 4.79 Å². The molecule has 1 amide bonds. The summed E-state index contributed by atoms with van der Waals surface area (Å²) in [6.07, 6.45) is 0. The van der Waals surface area contributed by atoms with E-state index in [1.807, 2.05) is 11.0 Å². The van der Waals surface area contributed by atoms with Crippen LogP contribution in [0.1, 0.15) is 10.4 Å². The van der Waals surface area contributed by atoms with E-state index < -0.39 is 0 Å². The largest absolute Gasteiger partial charge is 0.335 e. The molecule has 20 heavy (non-hydrogen) atoms. The van der Waals surface area contributed by atoms with Crippen molar-refractivity contribution < 1.29 is 4.79 Å². The molecule has 2 aliphatic rings. The third kappa shape index (κ3) is 3.01. The van der Waals surface area contributed by atoms with Gasteiger partial charge in [-0.25, -0.2) is 0 Å². The van der Waals surface area contributed by atoms with Crippen molar-refractivity contribution in [2.75, 3.05) is 39.3 Å². The molecule has 0 bridgehead atoms. The summed E-state index contributed by atoms with van der Waals surface area (Å²) in [5.74, 6) is 0.0691. The molecule has 0 unspecified atom stereocenters. The van der Waals surface area contributed by atoms with Crippen LogP contribution in [0.25, 0.3) is 0 Å². The summed E-state index contributed by atoms with van der Waals surface area (Å²) >= 11 is 9.37. The first kappa shape index (κ1) is 14.3. The van der Waals surface area contributed by atoms with Gasteiger partial charge in [0.05, 0.1) is 0 Å². The van der Waals surface area contributed by atoms with Crippen LogP contribution in [-0.4, -0.2) is 61.0 Å². The molecule has 2 aliphatic heterocycles. The highest BCUT2D eigenvalue weighted by atomic mass is 79.9. The summed E-state index contributed by atoms with van der Waals surface area (Å²) in [7, 11) is 0. The number of likely N-dealkylation sites (tertiary alicyclic amines) is 1. The Labute approximate surface area is 132 Å². The fourth-order valence-electron chi connectivity index (χ4n) is 2.76. The van der Waals surface area contributed by atoms with Crippen molar-refractivity contribution in [3.63, 3.8) is 0 Å². The number of piperazine rings is 1. The molecule has 4 nitrogen and oxygen atoms in total. The summed E-state index contributed by atoms with van der Waals surface area (Å²) in [6.45, 7) is 5.90. The predicted octanol–water partition coefficient (Wildman–Crippen LogP) is 1.83. The quantitative estimate of drug-likeness (QED) is 0.876. The lowest BCUT2D eigenvalue weighted by Gasteiger charge is -2.46. The first-order valence-corrected chi connectivity index (χ1v) is 8.01. The van der Waals surface area contributed by atoms with Crippen LogP contribution < -0.4 is 5.32 Å². The molecule has 0 aromatic heterocycles. The molecule has 1 N–H and O–H groups in total. The number of benzene rings is 1. The lowest BCUT2D eigenvalue weighted by atomic mass is 10.0. The second-order valence-electron chi connectivity index (χ2n) is 5.31. The van der Waals surface area contributed by atoms with E-state index in [0.29, 0.717) is 16.6 Å². The van der Waals surface area contributed by atoms with Gasteiger partial charge < -0.3 is 10.2 Å². The first-order chi connectivity index (χ1) is 9.63. The van der Waals surface area contributed by atoms with E-state index in [-0.39, 0.29) is 5.91 Å². The Hall–Kier alpha value is -0.620. The highest BCUT2D eigenvalue weighted by Crippen LogP contribution is 2.23. The standard InChI is InChI=1S/C14H17BrClN3O/c15-11-5-10(6-12(16)7-11)14(20)19-8-13(9-19)18-3-1-17-2-4-18/h5-7,13,17H,1-4,8-9H2. The Morgan fingerprint density at radius 2 is 1.95 bits per heavy atom. The Kier molecular flexibility index (Phi) is 4.31. The number of nitrogens with one attached hydrogen (secondary N) is 1. The number of hydrogen-bond acceptors (Lipinski definition) is 3. The van der Waals surface area contributed by atoms with Crippen LogP contribution in [-0.2, 0) is 0 Å². The second kappa shape index (κ2) is 6.02. The maximum absolute atomic E-state index is 12.4. The molecule has 1 aromatic rings. The van der Waals surface area contributed by atoms with Crippen LogP contribution in [0.4, 0.5) is 0 Å². The summed E-state index contributed by atoms with van der Waals surface area (Å²) in [6, 6.07) is 5.86. The van der Waals surface area contributed by atoms with Crippen LogP contribution >= 0.6 is 27.5 Å². The molecular formula is C14H17BrClN3O. The average Bonchev–Trinajstić information content (AvgIpc) is 2.37. The Bertz CT molecular complexity index is 493. The monoisotopic (exact) mass is 357 g/mol. The SMILES string of the molecule is O=C(c1cc(Cl)cc(Br)c1)N1CC(N2CCNCC2)C1. The predicted molar refractivity (Wildman–Crippen MR) is 83.3 cm³/mol. The zero-order valence-corrected chi connectivity index (χ0v) is 13.5. The summed E-state index contributed by atoms with van der Waals surface area (Å²) in [4.78, 5) is 16.7. The van der Waals surface area contributed by atoms with E-state index in [4.69, 9.17) is 11.6 Å². The smallest absolute Gasteiger partial charge is 0.254 e. The number of nitrogens with zero attached hydrogens (tertiary/aromatic N) is 2. The fraction of sp³-hybridized carbons (Fsp3) is 0.500. The van der Waals surface area contributed by atoms with Gasteiger partial charge in [0.1, 0.15) is 0 Å². The van der Waals surface area contributed by atoms with Gasteiger partial charge in [0.2, 0.25) is 0 Å². The van der Waals surface area contributed by atoms with Crippen LogP contribution in [0, 0.1) is 0 Å². The molecule has 0 spiro atoms. The van der Waals surface area contributed by atoms with Crippen molar-refractivity contribution >= 4 is 33.4 Å². The van der Waals surface area contributed by atoms with Gasteiger partial charge in [-0.15, -0.1) is 0 Å². The highest BCUT2D eigenvalue weighted by molar-refractivity contribution is 9.10. The summed E-state index contributed by atoms with van der Waals surface area (Å²) in [5, 5.41) is 3.93. The summed E-state index contributed by atoms with van der Waals surface area (Å²) in [5.41, 5.74) is 0.656. The van der Waals surface area contributed by atoms with Crippen LogP contribution in [0.15, 0.2) is 22.7 Å². The molecule has 0 aliphatic carbocycles. The van der Waals surface area contributed by atoms with Crippen LogP contribution in [0.5, 0.6) is 0 Å². The maximum Gasteiger partial charge on any atom is 0.254 e. The minimum Gasteiger partial charge on any atom is -0.335 e. The first-order valence-electron chi connectivity index (χ1n) is 6.83. The molecule has 2 saturated heterocycles. The zero-order valence-electron chi connectivity index (χ0n) is 11.1. The molecular weight excluding hydrogens is 342 g/mol. The average molecular weight is 359 g/mol. The molecule has 0 radical (unpaired) electrons. The fourth-order valence-corrected chi connectivity index (χ4v) is 3.62. The topological polar surface area (TPSA) is 35.6 Å². The van der Waals surface area contributed by atoms with Crippen molar-refractivity contribution in [3.05, 3.63) is 33.3 Å². The lowest BCUT2D eigenvalue weighted by molar-refractivity contribution is 0.0227. The van der Waals surface area contributed by atoms with Crippen molar-refractivity contribution in [2.45, 2.75) is 6.04 Å². The number of hydrogen-bond donors (Lipinski definition) is 1. The number of amides is 1. The van der Waals surface area contributed by atoms with Gasteiger partial charge in [0.15, 0.2) is 0 Å². The third-order valence-electron chi connectivity index (χ3n) is 3.93. The number of carbonyl (C=O) groups excluding carboxylic acids is 1. The van der Waals surface area contributed by atoms with E-state index in [1.54, 1.807) is 12.1 Å². The molecule has 0 saturated carbocycles. The van der Waals surface area contributed by atoms with Crippen molar-refractivity contribution in [1.29, 1.82) is 0 Å². The van der Waals surface area contributed by atoms with Crippen LogP contribution in [0.3, 0.4) is 0 Å². The Morgan fingerprint density at radius 3 is 2.60 bits per heavy atom. The molecule has 6 heteroatoms. The van der Waals surface area contributed by atoms with Gasteiger partial charge in [0.25, 0.3) is 5.91 Å². The molecule has 108 valence electrons. The number of halogens is 2. The molecule has 1 aromatic carbocycles. The van der Waals surface area contributed by atoms with Gasteiger partial charge >= 0.3 is 0 Å². The van der Waals surface area contributed by atoms with E-state index in [1.165, 1.54) is 0 Å². The lowest BCUT2D eigenvalue weighted by Crippen LogP contribution is -2.63. The van der Waals surface area contributed by atoms with Gasteiger partial charge in [-0.05, 0) is 18.2 Å². The maximum atomic E-state index is 12.4. The minimum absolute atomic E-state index is 0.0691. The molecule has 3 rings (SSSR count). The molecule has 2 heterocycles. The van der Waals surface area contributed by atoms with Crippen molar-refractivity contribution in [2.24, 2.45) is 0 Å². The van der Waals surface area contributed by atoms with Gasteiger partial charge in [-0.3, -0.25) is 9.69 Å².